The molecule has 1 heterocycles. The third kappa shape index (κ3) is 3.92. The summed E-state index contributed by atoms with van der Waals surface area (Å²) >= 11 is 0. The van der Waals surface area contributed by atoms with Gasteiger partial charge in [-0.3, -0.25) is 0 Å². The van der Waals surface area contributed by atoms with E-state index < -0.39 is 0 Å². The van der Waals surface area contributed by atoms with Crippen molar-refractivity contribution in [2.75, 3.05) is 18.0 Å². The van der Waals surface area contributed by atoms with Crippen LogP contribution in [0.3, 0.4) is 0 Å². The summed E-state index contributed by atoms with van der Waals surface area (Å²) in [5.41, 5.74) is 6.85. The van der Waals surface area contributed by atoms with E-state index in [0.717, 1.165) is 43.3 Å². The first-order valence-corrected chi connectivity index (χ1v) is 8.06. The van der Waals surface area contributed by atoms with Crippen LogP contribution in [0, 0.1) is 6.92 Å². The molecular weight excluding hydrogens is 248 g/mol. The average Bonchev–Trinajstić information content (AvgIpc) is 2.48. The second kappa shape index (κ2) is 7.58. The fourth-order valence-corrected chi connectivity index (χ4v) is 3.08. The lowest BCUT2D eigenvalue weighted by molar-refractivity contribution is 0.410. The smallest absolute Gasteiger partial charge is 0.132 e. The lowest BCUT2D eigenvalue weighted by Crippen LogP contribution is -2.39. The van der Waals surface area contributed by atoms with Crippen LogP contribution in [0.5, 0.6) is 0 Å². The highest BCUT2D eigenvalue weighted by molar-refractivity contribution is 5.41. The minimum atomic E-state index is 0.634. The molecule has 1 fully saturated rings. The first-order chi connectivity index (χ1) is 9.74. The summed E-state index contributed by atoms with van der Waals surface area (Å²) in [6.45, 7) is 5.90. The van der Waals surface area contributed by atoms with Crippen molar-refractivity contribution in [2.45, 2.75) is 64.8 Å². The van der Waals surface area contributed by atoms with Crippen molar-refractivity contribution in [2.24, 2.45) is 5.73 Å². The van der Waals surface area contributed by atoms with Crippen molar-refractivity contribution >= 4 is 5.82 Å². The third-order valence-electron chi connectivity index (χ3n) is 4.15. The second-order valence-corrected chi connectivity index (χ2v) is 5.75. The summed E-state index contributed by atoms with van der Waals surface area (Å²) in [7, 11) is 0. The molecule has 0 saturated heterocycles. The molecule has 1 aliphatic rings. The standard InChI is InChI=1S/C16H28N4/c1-3-14-12-16(19-13(2)18-14)20(11-7-10-17)15-8-5-4-6-9-15/h12,15H,3-11,17H2,1-2H3. The van der Waals surface area contributed by atoms with Gasteiger partial charge in [-0.1, -0.05) is 26.2 Å². The van der Waals surface area contributed by atoms with E-state index in [1.54, 1.807) is 0 Å². The Kier molecular flexibility index (Phi) is 5.77. The predicted octanol–water partition coefficient (Wildman–Crippen LogP) is 2.84. The Bertz CT molecular complexity index is 413. The fraction of sp³-hybridized carbons (Fsp3) is 0.750. The summed E-state index contributed by atoms with van der Waals surface area (Å²) in [6.07, 6.45) is 8.63. The molecule has 20 heavy (non-hydrogen) atoms. The number of nitrogens with zero attached hydrogens (tertiary/aromatic N) is 3. The lowest BCUT2D eigenvalue weighted by Gasteiger charge is -2.35. The lowest BCUT2D eigenvalue weighted by atomic mass is 9.94. The summed E-state index contributed by atoms with van der Waals surface area (Å²) in [5.74, 6) is 1.99. The summed E-state index contributed by atoms with van der Waals surface area (Å²) in [6, 6.07) is 2.80. The van der Waals surface area contributed by atoms with Crippen LogP contribution in [-0.4, -0.2) is 29.1 Å². The number of anilines is 1. The van der Waals surface area contributed by atoms with E-state index in [-0.39, 0.29) is 0 Å². The Hall–Kier alpha value is -1.16. The Balaban J connectivity index is 2.22. The average molecular weight is 276 g/mol. The van der Waals surface area contributed by atoms with Gasteiger partial charge < -0.3 is 10.6 Å². The van der Waals surface area contributed by atoms with Crippen molar-refractivity contribution in [3.05, 3.63) is 17.6 Å². The van der Waals surface area contributed by atoms with Gasteiger partial charge in [-0.05, 0) is 39.2 Å². The number of hydrogen-bond acceptors (Lipinski definition) is 4. The maximum Gasteiger partial charge on any atom is 0.132 e. The SMILES string of the molecule is CCc1cc(N(CCCN)C2CCCCC2)nc(C)n1. The van der Waals surface area contributed by atoms with Gasteiger partial charge in [0.2, 0.25) is 0 Å². The number of hydrogen-bond donors (Lipinski definition) is 1. The van der Waals surface area contributed by atoms with Crippen LogP contribution in [0.4, 0.5) is 5.82 Å². The molecule has 0 amide bonds. The van der Waals surface area contributed by atoms with E-state index in [2.05, 4.69) is 27.9 Å². The molecule has 1 aromatic heterocycles. The highest BCUT2D eigenvalue weighted by Crippen LogP contribution is 2.27. The van der Waals surface area contributed by atoms with Gasteiger partial charge in [-0.2, -0.15) is 0 Å². The van der Waals surface area contributed by atoms with E-state index >= 15 is 0 Å². The molecule has 2 N–H and O–H groups in total. The zero-order valence-electron chi connectivity index (χ0n) is 12.9. The molecule has 2 rings (SSSR count). The monoisotopic (exact) mass is 276 g/mol. The molecule has 0 aliphatic heterocycles. The van der Waals surface area contributed by atoms with Crippen LogP contribution in [0.25, 0.3) is 0 Å². The van der Waals surface area contributed by atoms with Crippen LogP contribution in [0.2, 0.25) is 0 Å². The summed E-state index contributed by atoms with van der Waals surface area (Å²) < 4.78 is 0. The highest BCUT2D eigenvalue weighted by atomic mass is 15.2. The van der Waals surface area contributed by atoms with Gasteiger partial charge in [0.05, 0.1) is 0 Å². The first-order valence-electron chi connectivity index (χ1n) is 8.06. The summed E-state index contributed by atoms with van der Waals surface area (Å²) in [4.78, 5) is 11.7. The fourth-order valence-electron chi connectivity index (χ4n) is 3.08. The zero-order chi connectivity index (χ0) is 14.4. The number of aromatic nitrogens is 2. The van der Waals surface area contributed by atoms with E-state index in [9.17, 15) is 0 Å². The van der Waals surface area contributed by atoms with Gasteiger partial charge in [0.15, 0.2) is 0 Å². The van der Waals surface area contributed by atoms with E-state index in [4.69, 9.17) is 5.73 Å². The highest BCUT2D eigenvalue weighted by Gasteiger charge is 2.22. The quantitative estimate of drug-likeness (QED) is 0.868. The van der Waals surface area contributed by atoms with E-state index in [1.165, 1.54) is 32.1 Å². The van der Waals surface area contributed by atoms with Gasteiger partial charge in [-0.15, -0.1) is 0 Å². The van der Waals surface area contributed by atoms with Gasteiger partial charge >= 0.3 is 0 Å². The Morgan fingerprint density at radius 3 is 2.65 bits per heavy atom. The molecule has 1 aliphatic carbocycles. The largest absolute Gasteiger partial charge is 0.353 e. The Labute approximate surface area is 122 Å². The third-order valence-corrected chi connectivity index (χ3v) is 4.15. The Morgan fingerprint density at radius 1 is 1.25 bits per heavy atom. The molecule has 0 aromatic carbocycles. The minimum Gasteiger partial charge on any atom is -0.353 e. The molecule has 0 radical (unpaired) electrons. The molecular formula is C16H28N4. The van der Waals surface area contributed by atoms with Crippen molar-refractivity contribution in [3.63, 3.8) is 0 Å². The van der Waals surface area contributed by atoms with Crippen molar-refractivity contribution in [1.82, 2.24) is 9.97 Å². The molecule has 0 unspecified atom stereocenters. The van der Waals surface area contributed by atoms with Gasteiger partial charge in [0, 0.05) is 24.3 Å². The van der Waals surface area contributed by atoms with Crippen LogP contribution in [-0.2, 0) is 6.42 Å². The predicted molar refractivity (Wildman–Crippen MR) is 84.0 cm³/mol. The maximum absolute atomic E-state index is 5.71. The summed E-state index contributed by atoms with van der Waals surface area (Å²) in [5, 5.41) is 0. The minimum absolute atomic E-state index is 0.634. The molecule has 112 valence electrons. The number of rotatable bonds is 6. The van der Waals surface area contributed by atoms with Gasteiger partial charge in [0.1, 0.15) is 11.6 Å². The van der Waals surface area contributed by atoms with Crippen LogP contribution in [0.1, 0.15) is 57.0 Å². The first kappa shape index (κ1) is 15.2. The van der Waals surface area contributed by atoms with Crippen molar-refractivity contribution < 1.29 is 0 Å². The number of nitrogens with two attached hydrogens (primary N) is 1. The maximum atomic E-state index is 5.71. The topological polar surface area (TPSA) is 55.0 Å². The molecule has 0 spiro atoms. The van der Waals surface area contributed by atoms with E-state index in [0.29, 0.717) is 6.04 Å². The molecule has 0 atom stereocenters. The van der Waals surface area contributed by atoms with Crippen LogP contribution in [0.15, 0.2) is 6.07 Å². The molecule has 4 nitrogen and oxygen atoms in total. The number of aryl methyl sites for hydroxylation is 2. The van der Waals surface area contributed by atoms with Crippen molar-refractivity contribution in [1.29, 1.82) is 0 Å². The normalized spacial score (nSPS) is 16.4. The Morgan fingerprint density at radius 2 is 2.00 bits per heavy atom. The molecule has 1 aromatic rings. The van der Waals surface area contributed by atoms with Crippen LogP contribution >= 0.6 is 0 Å². The molecule has 4 heteroatoms. The van der Waals surface area contributed by atoms with E-state index in [1.807, 2.05) is 6.92 Å². The zero-order valence-corrected chi connectivity index (χ0v) is 12.9. The van der Waals surface area contributed by atoms with Gasteiger partial charge in [0.25, 0.3) is 0 Å². The molecule has 1 saturated carbocycles. The van der Waals surface area contributed by atoms with Crippen molar-refractivity contribution in [3.8, 4) is 0 Å². The van der Waals surface area contributed by atoms with Crippen LogP contribution < -0.4 is 10.6 Å². The van der Waals surface area contributed by atoms with Gasteiger partial charge in [-0.25, -0.2) is 9.97 Å². The second-order valence-electron chi connectivity index (χ2n) is 5.75. The molecule has 0 bridgehead atoms.